The minimum atomic E-state index is -0.569. The summed E-state index contributed by atoms with van der Waals surface area (Å²) in [5.41, 5.74) is 6.99. The van der Waals surface area contributed by atoms with Gasteiger partial charge in [-0.3, -0.25) is 4.79 Å². The zero-order valence-electron chi connectivity index (χ0n) is 21.2. The Morgan fingerprint density at radius 1 is 0.975 bits per heavy atom. The molecule has 0 atom stereocenters. The summed E-state index contributed by atoms with van der Waals surface area (Å²) in [5.74, 6) is 0.315. The van der Waals surface area contributed by atoms with Crippen molar-refractivity contribution in [3.05, 3.63) is 112 Å². The maximum Gasteiger partial charge on any atom is 0.343 e. The van der Waals surface area contributed by atoms with Crippen molar-refractivity contribution in [3.63, 3.8) is 0 Å². The first kappa shape index (κ1) is 25.2. The second-order valence-electron chi connectivity index (χ2n) is 9.10. The molecular formula is C31H22ClN3O5. The van der Waals surface area contributed by atoms with Gasteiger partial charge in [0.2, 0.25) is 6.79 Å². The number of aromatic amines is 1. The third kappa shape index (κ3) is 4.88. The SMILES string of the molecule is Cc1ccc2[nH]c(C(=O)NN=Cc3ccccc3OC(=O)c3ccc4c(c3)OCO4)c(-c3ccccc3Cl)c2c1. The largest absolute Gasteiger partial charge is 0.454 e. The van der Waals surface area contributed by atoms with Gasteiger partial charge in [-0.05, 0) is 55.5 Å². The van der Waals surface area contributed by atoms with E-state index in [0.29, 0.717) is 38.9 Å². The number of hydrogen-bond donors (Lipinski definition) is 2. The molecule has 0 fully saturated rings. The zero-order valence-corrected chi connectivity index (χ0v) is 22.0. The van der Waals surface area contributed by atoms with E-state index in [0.717, 1.165) is 22.0 Å². The molecule has 1 aliphatic rings. The van der Waals surface area contributed by atoms with Crippen molar-refractivity contribution in [1.29, 1.82) is 0 Å². The molecule has 9 heteroatoms. The molecule has 0 aliphatic carbocycles. The number of nitrogens with zero attached hydrogens (tertiary/aromatic N) is 1. The lowest BCUT2D eigenvalue weighted by molar-refractivity contribution is 0.0733. The first-order valence-corrected chi connectivity index (χ1v) is 12.8. The molecule has 0 saturated carbocycles. The quantitative estimate of drug-likeness (QED) is 0.108. The van der Waals surface area contributed by atoms with Crippen LogP contribution in [0.5, 0.6) is 17.2 Å². The van der Waals surface area contributed by atoms with Gasteiger partial charge in [-0.15, -0.1) is 0 Å². The number of aryl methyl sites for hydroxylation is 1. The van der Waals surface area contributed by atoms with Gasteiger partial charge < -0.3 is 19.2 Å². The van der Waals surface area contributed by atoms with Crippen LogP contribution in [0.3, 0.4) is 0 Å². The number of para-hydroxylation sites is 1. The average Bonchev–Trinajstić information content (AvgIpc) is 3.58. The van der Waals surface area contributed by atoms with Crippen LogP contribution in [0, 0.1) is 6.92 Å². The topological polar surface area (TPSA) is 102 Å². The van der Waals surface area contributed by atoms with Crippen molar-refractivity contribution in [2.24, 2.45) is 5.10 Å². The number of hydrogen-bond acceptors (Lipinski definition) is 6. The number of benzene rings is 4. The number of aromatic nitrogens is 1. The number of carbonyl (C=O) groups is 2. The molecule has 8 nitrogen and oxygen atoms in total. The highest BCUT2D eigenvalue weighted by atomic mass is 35.5. The molecule has 1 amide bonds. The molecule has 0 bridgehead atoms. The number of hydrazone groups is 1. The molecule has 0 unspecified atom stereocenters. The van der Waals surface area contributed by atoms with Gasteiger partial charge in [-0.2, -0.15) is 5.10 Å². The number of ether oxygens (including phenoxy) is 3. The van der Waals surface area contributed by atoms with Crippen molar-refractivity contribution in [1.82, 2.24) is 10.4 Å². The van der Waals surface area contributed by atoms with E-state index in [4.69, 9.17) is 25.8 Å². The van der Waals surface area contributed by atoms with E-state index >= 15 is 0 Å². The Hall–Kier alpha value is -5.08. The molecule has 1 aliphatic heterocycles. The summed E-state index contributed by atoms with van der Waals surface area (Å²) in [6.07, 6.45) is 1.42. The van der Waals surface area contributed by atoms with Gasteiger partial charge in [0.05, 0.1) is 11.8 Å². The fourth-order valence-corrected chi connectivity index (χ4v) is 4.73. The number of amides is 1. The predicted octanol–water partition coefficient (Wildman–Crippen LogP) is 6.51. The summed E-state index contributed by atoms with van der Waals surface area (Å²) in [7, 11) is 0. The van der Waals surface area contributed by atoms with E-state index in [1.165, 1.54) is 6.21 Å². The Morgan fingerprint density at radius 3 is 2.65 bits per heavy atom. The van der Waals surface area contributed by atoms with Crippen LogP contribution in [-0.4, -0.2) is 29.9 Å². The minimum absolute atomic E-state index is 0.108. The van der Waals surface area contributed by atoms with Crippen molar-refractivity contribution < 1.29 is 23.8 Å². The van der Waals surface area contributed by atoms with Gasteiger partial charge >= 0.3 is 5.97 Å². The summed E-state index contributed by atoms with van der Waals surface area (Å²) in [6, 6.07) is 25.0. The standard InChI is InChI=1S/C31H22ClN3O5/c1-18-10-12-24-22(14-18)28(21-7-3-4-8-23(21)32)29(34-24)30(36)35-33-16-20-6-2-5-9-25(20)40-31(37)19-11-13-26-27(15-19)39-17-38-26/h2-16,34H,17H2,1H3,(H,35,36). The number of nitrogens with one attached hydrogen (secondary N) is 2. The first-order chi connectivity index (χ1) is 19.5. The van der Waals surface area contributed by atoms with Crippen LogP contribution in [0.4, 0.5) is 0 Å². The highest BCUT2D eigenvalue weighted by Gasteiger charge is 2.21. The second-order valence-corrected chi connectivity index (χ2v) is 9.51. The van der Waals surface area contributed by atoms with Crippen LogP contribution in [0.1, 0.15) is 32.0 Å². The van der Waals surface area contributed by atoms with Gasteiger partial charge in [-0.1, -0.05) is 53.6 Å². The van der Waals surface area contributed by atoms with E-state index in [1.54, 1.807) is 48.5 Å². The Kier molecular flexibility index (Phi) is 6.67. The monoisotopic (exact) mass is 551 g/mol. The summed E-state index contributed by atoms with van der Waals surface area (Å²) < 4.78 is 16.2. The number of esters is 1. The maximum absolute atomic E-state index is 13.3. The third-order valence-electron chi connectivity index (χ3n) is 6.42. The predicted molar refractivity (Wildman–Crippen MR) is 153 cm³/mol. The molecular weight excluding hydrogens is 530 g/mol. The molecule has 0 spiro atoms. The number of fused-ring (bicyclic) bond motifs is 2. The Morgan fingerprint density at radius 2 is 1.77 bits per heavy atom. The van der Waals surface area contributed by atoms with Gasteiger partial charge in [0.15, 0.2) is 11.5 Å². The lowest BCUT2D eigenvalue weighted by Gasteiger charge is -2.08. The molecule has 0 radical (unpaired) electrons. The minimum Gasteiger partial charge on any atom is -0.454 e. The summed E-state index contributed by atoms with van der Waals surface area (Å²) >= 11 is 6.52. The van der Waals surface area contributed by atoms with Crippen LogP contribution >= 0.6 is 11.6 Å². The average molecular weight is 552 g/mol. The number of rotatable bonds is 6. The fourth-order valence-electron chi connectivity index (χ4n) is 4.50. The smallest absolute Gasteiger partial charge is 0.343 e. The van der Waals surface area contributed by atoms with E-state index < -0.39 is 11.9 Å². The Balaban J connectivity index is 1.24. The molecule has 2 heterocycles. The maximum atomic E-state index is 13.3. The number of carbonyl (C=O) groups excluding carboxylic acids is 2. The van der Waals surface area contributed by atoms with Gasteiger partial charge in [-0.25, -0.2) is 10.2 Å². The van der Waals surface area contributed by atoms with Crippen LogP contribution in [-0.2, 0) is 0 Å². The molecule has 5 aromatic rings. The second kappa shape index (κ2) is 10.6. The summed E-state index contributed by atoms with van der Waals surface area (Å²) in [4.78, 5) is 29.3. The third-order valence-corrected chi connectivity index (χ3v) is 6.75. The zero-order chi connectivity index (χ0) is 27.6. The van der Waals surface area contributed by atoms with Crippen LogP contribution in [0.2, 0.25) is 5.02 Å². The van der Waals surface area contributed by atoms with Gasteiger partial charge in [0.25, 0.3) is 5.91 Å². The van der Waals surface area contributed by atoms with Crippen LogP contribution < -0.4 is 19.6 Å². The van der Waals surface area contributed by atoms with E-state index in [9.17, 15) is 9.59 Å². The molecule has 40 heavy (non-hydrogen) atoms. The molecule has 0 saturated heterocycles. The lowest BCUT2D eigenvalue weighted by atomic mass is 10.0. The van der Waals surface area contributed by atoms with Gasteiger partial charge in [0, 0.05) is 32.6 Å². The fraction of sp³-hybridized carbons (Fsp3) is 0.0645. The van der Waals surface area contributed by atoms with E-state index in [-0.39, 0.29) is 12.5 Å². The Bertz CT molecular complexity index is 1810. The first-order valence-electron chi connectivity index (χ1n) is 12.4. The van der Waals surface area contributed by atoms with Crippen molar-refractivity contribution in [2.75, 3.05) is 6.79 Å². The highest BCUT2D eigenvalue weighted by Crippen LogP contribution is 2.37. The van der Waals surface area contributed by atoms with E-state index in [2.05, 4.69) is 15.5 Å². The molecule has 198 valence electrons. The van der Waals surface area contributed by atoms with Crippen LogP contribution in [0.25, 0.3) is 22.0 Å². The number of halogens is 1. The Labute approximate surface area is 234 Å². The molecule has 2 N–H and O–H groups in total. The van der Waals surface area contributed by atoms with Crippen LogP contribution in [0.15, 0.2) is 90.0 Å². The van der Waals surface area contributed by atoms with Crippen molar-refractivity contribution in [2.45, 2.75) is 6.92 Å². The summed E-state index contributed by atoms with van der Waals surface area (Å²) in [5, 5.41) is 5.55. The molecule has 4 aromatic carbocycles. The van der Waals surface area contributed by atoms with Gasteiger partial charge in [0.1, 0.15) is 11.4 Å². The highest BCUT2D eigenvalue weighted by molar-refractivity contribution is 6.34. The van der Waals surface area contributed by atoms with Crippen molar-refractivity contribution in [3.8, 4) is 28.4 Å². The summed E-state index contributed by atoms with van der Waals surface area (Å²) in [6.45, 7) is 2.10. The van der Waals surface area contributed by atoms with Crippen molar-refractivity contribution >= 4 is 40.6 Å². The van der Waals surface area contributed by atoms with E-state index in [1.807, 2.05) is 43.3 Å². The lowest BCUT2D eigenvalue weighted by Crippen LogP contribution is -2.19. The normalized spacial score (nSPS) is 12.2. The molecule has 6 rings (SSSR count). The molecule has 1 aromatic heterocycles. The number of H-pyrrole nitrogens is 1.